The maximum atomic E-state index is 11.1. The van der Waals surface area contributed by atoms with Crippen molar-refractivity contribution in [3.05, 3.63) is 23.2 Å². The fraction of sp³-hybridized carbons (Fsp3) is 0.684. The third-order valence-electron chi connectivity index (χ3n) is 3.75. The largest absolute Gasteiger partial charge is 0.493 e. The molecule has 23 heavy (non-hydrogen) atoms. The molecule has 2 heterocycles. The van der Waals surface area contributed by atoms with E-state index in [9.17, 15) is 6.48 Å². The molecular weight excluding hydrogens is 290 g/mol. The Morgan fingerprint density at radius 3 is 3.13 bits per heavy atom. The zero-order valence-electron chi connectivity index (χ0n) is 31.3. The first-order valence-corrected chi connectivity index (χ1v) is 6.83. The molecule has 2 aliphatic rings. The topological polar surface area (TPSA) is 41.9 Å². The van der Waals surface area contributed by atoms with Gasteiger partial charge in [0.25, 0.3) is 0 Å². The first kappa shape index (κ1) is 5.12. The van der Waals surface area contributed by atoms with Crippen molar-refractivity contribution in [3.63, 3.8) is 0 Å². The minimum Gasteiger partial charge on any atom is -0.493 e. The summed E-state index contributed by atoms with van der Waals surface area (Å²) in [5.41, 5.74) is -1.69. The maximum Gasteiger partial charge on any atom is 0.161 e. The molecule has 0 spiro atoms. The van der Waals surface area contributed by atoms with Crippen LogP contribution in [0, 0.1) is 11.8 Å². The van der Waals surface area contributed by atoms with E-state index in [1.165, 1.54) is 0 Å². The van der Waals surface area contributed by atoms with E-state index in [0.29, 0.717) is 4.90 Å². The molecule has 128 valence electrons. The Balaban J connectivity index is 2.37. The van der Waals surface area contributed by atoms with Crippen LogP contribution in [0.2, 0.25) is 0 Å². The maximum absolute atomic E-state index is 11.1. The Morgan fingerprint density at radius 2 is 2.39 bits per heavy atom. The molecule has 0 amide bonds. The molecule has 0 aromatic heterocycles. The fourth-order valence-electron chi connectivity index (χ4n) is 2.67. The first-order chi connectivity index (χ1) is 18.5. The van der Waals surface area contributed by atoms with Gasteiger partial charge in [-0.3, -0.25) is 4.90 Å². The molecule has 0 bridgehead atoms. The summed E-state index contributed by atoms with van der Waals surface area (Å²) in [5.74, 6) is -7.72. The van der Waals surface area contributed by atoms with Gasteiger partial charge >= 0.3 is 0 Å². The number of methoxy groups -OCH3 is 2. The van der Waals surface area contributed by atoms with Gasteiger partial charge in [0.15, 0.2) is 11.5 Å². The molecule has 0 aliphatic carbocycles. The number of aliphatic hydroxyl groups is 1. The Bertz CT molecular complexity index is 1220. The summed E-state index contributed by atoms with van der Waals surface area (Å²) in [5, 5.41) is 11.1. The molecule has 2 aliphatic heterocycles. The van der Waals surface area contributed by atoms with Crippen LogP contribution < -0.4 is 9.47 Å². The molecule has 1 aromatic rings. The van der Waals surface area contributed by atoms with Crippen molar-refractivity contribution in [1.29, 1.82) is 0 Å². The normalized spacial score (nSPS) is 49.9. The van der Waals surface area contributed by atoms with Crippen LogP contribution in [0.25, 0.3) is 0 Å². The van der Waals surface area contributed by atoms with Crippen LogP contribution in [-0.2, 0) is 6.37 Å². The summed E-state index contributed by atoms with van der Waals surface area (Å²) in [6.45, 7) is -12.2. The van der Waals surface area contributed by atoms with Crippen molar-refractivity contribution in [2.24, 2.45) is 11.8 Å². The van der Waals surface area contributed by atoms with Gasteiger partial charge in [-0.15, -0.1) is 0 Å². The highest BCUT2D eigenvalue weighted by Gasteiger charge is 2.38. The molecule has 3 atom stereocenters. The molecule has 1 aromatic carbocycles. The lowest BCUT2D eigenvalue weighted by molar-refractivity contribution is -0.0191. The van der Waals surface area contributed by atoms with Crippen LogP contribution in [0.4, 0.5) is 0 Å². The van der Waals surface area contributed by atoms with Crippen molar-refractivity contribution in [1.82, 2.24) is 4.90 Å². The van der Waals surface area contributed by atoms with E-state index in [0.717, 1.165) is 7.11 Å². The predicted octanol–water partition coefficient (Wildman–Crippen LogP) is 3.03. The summed E-state index contributed by atoms with van der Waals surface area (Å²) < 4.78 is 165. The predicted molar refractivity (Wildman–Crippen MR) is 91.1 cm³/mol. The summed E-state index contributed by atoms with van der Waals surface area (Å²) in [6, 6.07) is -4.68. The molecule has 1 fully saturated rings. The summed E-state index contributed by atoms with van der Waals surface area (Å²) >= 11 is 0. The lowest BCUT2D eigenvalue weighted by atomic mass is 9.79. The second-order valence-electron chi connectivity index (χ2n) is 5.16. The van der Waals surface area contributed by atoms with Gasteiger partial charge in [0.05, 0.1) is 28.5 Å². The van der Waals surface area contributed by atoms with Gasteiger partial charge in [-0.2, -0.15) is 0 Å². The lowest BCUT2D eigenvalue weighted by Crippen LogP contribution is -2.48. The Labute approximate surface area is 166 Å². The number of hydrogen-bond acceptors (Lipinski definition) is 4. The molecule has 3 unspecified atom stereocenters. The van der Waals surface area contributed by atoms with Gasteiger partial charge in [-0.25, -0.2) is 0 Å². The minimum atomic E-state index is -3.87. The van der Waals surface area contributed by atoms with Crippen LogP contribution in [0.5, 0.6) is 11.5 Å². The average Bonchev–Trinajstić information content (AvgIpc) is 2.76. The fourth-order valence-corrected chi connectivity index (χ4v) is 2.67. The standard InChI is InChI=1S/C19H29NO3/c1-12(2)7-14-11-20-6-5-13-8-18(22-3)19(23-4)9-15(13)16(20)10-17(14)21/h8-9,12,14,16-17,21H,5-7,10-11H2,1-4H3/i1D3,2D3,4D3,5D2,6D2,7D2,8D,9D,12D,16D. The highest BCUT2D eigenvalue weighted by molar-refractivity contribution is 5.49. The third-order valence-corrected chi connectivity index (χ3v) is 3.75. The molecule has 1 N–H and O–H groups in total. The Morgan fingerprint density at radius 1 is 1.57 bits per heavy atom. The van der Waals surface area contributed by atoms with Crippen LogP contribution in [0.1, 0.15) is 69.7 Å². The second kappa shape index (κ2) is 6.70. The van der Waals surface area contributed by atoms with E-state index in [2.05, 4.69) is 0 Å². The van der Waals surface area contributed by atoms with E-state index in [-0.39, 0.29) is 0 Å². The van der Waals surface area contributed by atoms with Crippen LogP contribution >= 0.6 is 0 Å². The second-order valence-corrected chi connectivity index (χ2v) is 5.16. The third kappa shape index (κ3) is 3.20. The smallest absolute Gasteiger partial charge is 0.161 e. The number of rotatable bonds is 4. The van der Waals surface area contributed by atoms with E-state index < -0.39 is 112 Å². The number of nitrogens with zero attached hydrogens (tertiary/aromatic N) is 1. The number of piperidine rings is 1. The SMILES string of the molecule is [2H]c1c(OC([2H])([2H])[2H])c(OC)c([2H])c2c1C1([2H])CC(O)C(C([2H])([2H])C([2H])(C([2H])([2H])[2H])C([2H])([2H])[2H])CN1C([2H])([2H])C2([2H])[2H]. The highest BCUT2D eigenvalue weighted by atomic mass is 16.5. The number of ether oxygens (including phenoxy) is 2. The van der Waals surface area contributed by atoms with Gasteiger partial charge in [0.2, 0.25) is 0 Å². The van der Waals surface area contributed by atoms with E-state index in [1.807, 2.05) is 0 Å². The summed E-state index contributed by atoms with van der Waals surface area (Å²) in [7, 11) is -2.27. The number of benzene rings is 1. The van der Waals surface area contributed by atoms with E-state index >= 15 is 0 Å². The van der Waals surface area contributed by atoms with Crippen molar-refractivity contribution in [3.8, 4) is 11.5 Å². The van der Waals surface area contributed by atoms with E-state index in [4.69, 9.17) is 34.1 Å². The summed E-state index contributed by atoms with van der Waals surface area (Å²) in [4.78, 5) is 0.361. The quantitative estimate of drug-likeness (QED) is 0.916. The monoisotopic (exact) mass is 338 g/mol. The number of fused-ring (bicyclic) bond motifs is 3. The van der Waals surface area contributed by atoms with Gasteiger partial charge < -0.3 is 14.6 Å². The van der Waals surface area contributed by atoms with Gasteiger partial charge in [0, 0.05) is 36.9 Å². The Hall–Kier alpha value is -1.26. The van der Waals surface area contributed by atoms with Gasteiger partial charge in [0.1, 0.15) is 0 Å². The number of hydrogen-bond donors (Lipinski definition) is 1. The minimum absolute atomic E-state index is 0.361. The first-order valence-electron chi connectivity index (χ1n) is 16.3. The molecule has 0 saturated carbocycles. The van der Waals surface area contributed by atoms with Gasteiger partial charge in [-0.1, -0.05) is 13.7 Å². The van der Waals surface area contributed by atoms with Crippen molar-refractivity contribution in [2.45, 2.75) is 45.0 Å². The molecule has 3 rings (SSSR count). The van der Waals surface area contributed by atoms with Crippen LogP contribution in [0.15, 0.2) is 12.1 Å². The molecule has 4 nitrogen and oxygen atoms in total. The zero-order valence-corrected chi connectivity index (χ0v) is 12.3. The highest BCUT2D eigenvalue weighted by Crippen LogP contribution is 2.43. The van der Waals surface area contributed by atoms with Crippen LogP contribution in [0.3, 0.4) is 0 Å². The average molecular weight is 339 g/mol. The van der Waals surface area contributed by atoms with Crippen molar-refractivity contribution in [2.75, 3.05) is 27.2 Å². The number of aliphatic hydroxyl groups excluding tert-OH is 1. The van der Waals surface area contributed by atoms with Crippen molar-refractivity contribution < 1.29 is 40.6 Å². The molecular formula is C19H29NO3. The molecule has 0 radical (unpaired) electrons. The van der Waals surface area contributed by atoms with Gasteiger partial charge in [-0.05, 0) is 54.2 Å². The van der Waals surface area contributed by atoms with Crippen molar-refractivity contribution >= 4 is 0 Å². The zero-order chi connectivity index (χ0) is 33.0. The molecule has 4 heteroatoms. The Kier molecular flexibility index (Phi) is 1.49. The summed E-state index contributed by atoms with van der Waals surface area (Å²) in [6.07, 6.45) is -10.2. The van der Waals surface area contributed by atoms with E-state index in [1.54, 1.807) is 0 Å². The molecule has 1 saturated heterocycles. The van der Waals surface area contributed by atoms with Crippen LogP contribution in [-0.4, -0.2) is 43.3 Å². The lowest BCUT2D eigenvalue weighted by Gasteiger charge is -2.46.